The van der Waals surface area contributed by atoms with Gasteiger partial charge in [0.15, 0.2) is 0 Å². The molecule has 2 heterocycles. The van der Waals surface area contributed by atoms with E-state index in [0.29, 0.717) is 12.2 Å². The summed E-state index contributed by atoms with van der Waals surface area (Å²) >= 11 is -0.532. The Morgan fingerprint density at radius 2 is 2.11 bits per heavy atom. The fourth-order valence-electron chi connectivity index (χ4n) is 2.22. The predicted molar refractivity (Wildman–Crippen MR) is 73.2 cm³/mol. The van der Waals surface area contributed by atoms with Crippen LogP contribution in [-0.2, 0) is 17.8 Å². The molecule has 98 valence electrons. The molecule has 0 aliphatic carbocycles. The van der Waals surface area contributed by atoms with Crippen molar-refractivity contribution < 1.29 is 9.53 Å². The van der Waals surface area contributed by atoms with Crippen LogP contribution in [0.15, 0.2) is 12.1 Å². The number of fused-ring (bicyclic) bond motifs is 1. The van der Waals surface area contributed by atoms with E-state index in [1.165, 1.54) is 22.0 Å². The Bertz CT molecular complexity index is 430. The molecule has 0 atom stereocenters. The van der Waals surface area contributed by atoms with Crippen molar-refractivity contribution in [1.29, 1.82) is 0 Å². The molecular weight excluding hydrogens is 289 g/mol. The molecular formula is C14H20AsNO2. The van der Waals surface area contributed by atoms with Crippen LogP contribution in [0.25, 0.3) is 0 Å². The number of ether oxygens (including phenoxy) is 1. The number of nitrogens with zero attached hydrogens (tertiary/aromatic N) is 1. The van der Waals surface area contributed by atoms with E-state index in [4.69, 9.17) is 4.74 Å². The number of aryl methyl sites for hydroxylation is 1. The summed E-state index contributed by atoms with van der Waals surface area (Å²) in [5, 5.41) is 4.22. The van der Waals surface area contributed by atoms with E-state index in [2.05, 4.69) is 18.8 Å². The maximum absolute atomic E-state index is 11.3. The molecule has 1 aliphatic rings. The van der Waals surface area contributed by atoms with Gasteiger partial charge in [0, 0.05) is 0 Å². The second-order valence-electron chi connectivity index (χ2n) is 4.50. The predicted octanol–water partition coefficient (Wildman–Crippen LogP) is 3.22. The topological polar surface area (TPSA) is 39.2 Å². The van der Waals surface area contributed by atoms with Gasteiger partial charge in [-0.1, -0.05) is 0 Å². The van der Waals surface area contributed by atoms with Crippen LogP contribution in [0.4, 0.5) is 0 Å². The zero-order valence-corrected chi connectivity index (χ0v) is 13.0. The molecule has 1 aromatic rings. The maximum atomic E-state index is 11.3. The van der Waals surface area contributed by atoms with Gasteiger partial charge in [-0.25, -0.2) is 0 Å². The molecule has 0 saturated heterocycles. The molecule has 4 heteroatoms. The van der Waals surface area contributed by atoms with Crippen LogP contribution in [0.1, 0.15) is 42.0 Å². The molecule has 1 aromatic heterocycles. The monoisotopic (exact) mass is 309 g/mol. The van der Waals surface area contributed by atoms with Crippen molar-refractivity contribution in [3.05, 3.63) is 29.1 Å². The van der Waals surface area contributed by atoms with Crippen molar-refractivity contribution in [2.24, 2.45) is 0 Å². The fourth-order valence-corrected chi connectivity index (χ4v) is 5.75. The number of aromatic nitrogens is 1. The molecule has 1 aliphatic heterocycles. The third-order valence-corrected chi connectivity index (χ3v) is 9.14. The molecule has 0 spiro atoms. The number of carbonyl (C=O) groups is 1. The fraction of sp³-hybridized carbons (Fsp3) is 0.571. The zero-order valence-electron chi connectivity index (χ0n) is 11.1. The van der Waals surface area contributed by atoms with E-state index in [0.717, 1.165) is 17.8 Å². The van der Waals surface area contributed by atoms with Crippen LogP contribution in [0.5, 0.6) is 0 Å². The van der Waals surface area contributed by atoms with Crippen molar-refractivity contribution in [2.75, 3.05) is 0 Å². The summed E-state index contributed by atoms with van der Waals surface area (Å²) in [6.45, 7) is 4.99. The SMILES string of the molecule is CC[As](CC)CCCc1ccc2c(n1)COC2=O. The molecule has 0 amide bonds. The summed E-state index contributed by atoms with van der Waals surface area (Å²) in [6.07, 6.45) is 2.27. The molecule has 0 unspecified atom stereocenters. The first-order valence-corrected chi connectivity index (χ1v) is 10.6. The molecule has 0 fully saturated rings. The standard InChI is InChI=1S/C14H20AsNO2/c1-3-15(4-2)9-5-6-11-7-8-12-13(16-11)10-18-14(12)17/h7-8H,3-6,9-10H2,1-2H3. The Kier molecular flexibility index (Phi) is 4.82. The molecule has 0 bridgehead atoms. The van der Waals surface area contributed by atoms with Crippen molar-refractivity contribution in [2.45, 2.75) is 48.9 Å². The van der Waals surface area contributed by atoms with E-state index >= 15 is 0 Å². The average Bonchev–Trinajstić information content (AvgIpc) is 2.76. The van der Waals surface area contributed by atoms with E-state index in [1.807, 2.05) is 12.1 Å². The third kappa shape index (κ3) is 3.14. The van der Waals surface area contributed by atoms with Gasteiger partial charge in [0.2, 0.25) is 0 Å². The van der Waals surface area contributed by atoms with Gasteiger partial charge in [0.05, 0.1) is 0 Å². The van der Waals surface area contributed by atoms with Crippen LogP contribution < -0.4 is 0 Å². The van der Waals surface area contributed by atoms with Crippen molar-refractivity contribution in [3.8, 4) is 0 Å². The van der Waals surface area contributed by atoms with E-state index in [9.17, 15) is 4.79 Å². The first kappa shape index (κ1) is 13.6. The summed E-state index contributed by atoms with van der Waals surface area (Å²) in [5.74, 6) is -0.228. The van der Waals surface area contributed by atoms with Crippen molar-refractivity contribution >= 4 is 20.6 Å². The van der Waals surface area contributed by atoms with Gasteiger partial charge in [0.25, 0.3) is 0 Å². The molecule has 0 aromatic carbocycles. The molecule has 18 heavy (non-hydrogen) atoms. The summed E-state index contributed by atoms with van der Waals surface area (Å²) in [6, 6.07) is 3.84. The van der Waals surface area contributed by atoms with Crippen LogP contribution in [0.2, 0.25) is 15.6 Å². The van der Waals surface area contributed by atoms with Crippen LogP contribution >= 0.6 is 0 Å². The number of pyridine rings is 1. The number of hydrogen-bond acceptors (Lipinski definition) is 3. The van der Waals surface area contributed by atoms with Gasteiger partial charge < -0.3 is 0 Å². The molecule has 3 nitrogen and oxygen atoms in total. The molecule has 0 saturated carbocycles. The van der Waals surface area contributed by atoms with Gasteiger partial charge in [-0.05, 0) is 0 Å². The van der Waals surface area contributed by atoms with Crippen molar-refractivity contribution in [3.63, 3.8) is 0 Å². The van der Waals surface area contributed by atoms with E-state index in [1.54, 1.807) is 0 Å². The summed E-state index contributed by atoms with van der Waals surface area (Å²) in [4.78, 5) is 15.8. The quantitative estimate of drug-likeness (QED) is 0.598. The van der Waals surface area contributed by atoms with Gasteiger partial charge in [-0.15, -0.1) is 0 Å². The van der Waals surface area contributed by atoms with Crippen LogP contribution in [0.3, 0.4) is 0 Å². The second kappa shape index (κ2) is 6.38. The minimum atomic E-state index is -0.532. The zero-order chi connectivity index (χ0) is 13.0. The number of esters is 1. The number of carbonyl (C=O) groups excluding carboxylic acids is 1. The number of rotatable bonds is 6. The Morgan fingerprint density at radius 3 is 2.83 bits per heavy atom. The Morgan fingerprint density at radius 1 is 1.33 bits per heavy atom. The van der Waals surface area contributed by atoms with E-state index < -0.39 is 14.7 Å². The molecule has 0 N–H and O–H groups in total. The van der Waals surface area contributed by atoms with Crippen LogP contribution in [0, 0.1) is 0 Å². The summed E-state index contributed by atoms with van der Waals surface area (Å²) in [5.41, 5.74) is 2.57. The number of cyclic esters (lactones) is 1. The molecule has 0 radical (unpaired) electrons. The van der Waals surface area contributed by atoms with Gasteiger partial charge >= 0.3 is 113 Å². The third-order valence-electron chi connectivity index (χ3n) is 3.39. The Balaban J connectivity index is 1.89. The Labute approximate surface area is 113 Å². The first-order valence-electron chi connectivity index (χ1n) is 6.62. The van der Waals surface area contributed by atoms with Gasteiger partial charge in [-0.3, -0.25) is 0 Å². The Hall–Kier alpha value is -0.822. The second-order valence-corrected chi connectivity index (χ2v) is 10.9. The first-order chi connectivity index (χ1) is 8.74. The van der Waals surface area contributed by atoms with E-state index in [-0.39, 0.29) is 5.97 Å². The summed E-state index contributed by atoms with van der Waals surface area (Å²) in [7, 11) is 0. The average molecular weight is 309 g/mol. The molecule has 2 rings (SSSR count). The normalized spacial score (nSPS) is 13.8. The van der Waals surface area contributed by atoms with Gasteiger partial charge in [-0.2, -0.15) is 0 Å². The minimum absolute atomic E-state index is 0.228. The van der Waals surface area contributed by atoms with Crippen LogP contribution in [-0.4, -0.2) is 25.6 Å². The van der Waals surface area contributed by atoms with Gasteiger partial charge in [0.1, 0.15) is 0 Å². The van der Waals surface area contributed by atoms with Crippen molar-refractivity contribution in [1.82, 2.24) is 4.98 Å². The summed E-state index contributed by atoms with van der Waals surface area (Å²) < 4.78 is 4.96. The number of hydrogen-bond donors (Lipinski definition) is 0.